The third-order valence-electron chi connectivity index (χ3n) is 4.88. The summed E-state index contributed by atoms with van der Waals surface area (Å²) in [4.78, 5) is 20.2. The van der Waals surface area contributed by atoms with Gasteiger partial charge in [0.2, 0.25) is 0 Å². The number of thiophene rings is 1. The van der Waals surface area contributed by atoms with E-state index in [4.69, 9.17) is 0 Å². The quantitative estimate of drug-likeness (QED) is 0.602. The van der Waals surface area contributed by atoms with Crippen LogP contribution in [-0.2, 0) is 0 Å². The molecule has 1 N–H and O–H groups in total. The fraction of sp³-hybridized carbons (Fsp3) is 0.278. The maximum atomic E-state index is 4.58. The van der Waals surface area contributed by atoms with Crippen LogP contribution >= 0.6 is 11.3 Å². The Morgan fingerprint density at radius 3 is 3.17 bits per heavy atom. The second-order valence-corrected chi connectivity index (χ2v) is 7.16. The maximum absolute atomic E-state index is 4.58. The molecule has 4 aromatic heterocycles. The SMILES string of the molecule is c1cnc2[nH]cc(C3CCCN(c4ncnc5sccc45)C3)c2c1. The summed E-state index contributed by atoms with van der Waals surface area (Å²) in [6.45, 7) is 2.04. The molecule has 1 unspecified atom stereocenters. The monoisotopic (exact) mass is 335 g/mol. The summed E-state index contributed by atoms with van der Waals surface area (Å²) in [5.74, 6) is 1.57. The average Bonchev–Trinajstić information content (AvgIpc) is 3.28. The van der Waals surface area contributed by atoms with Crippen LogP contribution in [0.5, 0.6) is 0 Å². The molecule has 5 rings (SSSR count). The van der Waals surface area contributed by atoms with Crippen molar-refractivity contribution in [1.82, 2.24) is 19.9 Å². The zero-order valence-electron chi connectivity index (χ0n) is 13.1. The highest BCUT2D eigenvalue weighted by atomic mass is 32.1. The molecule has 0 aliphatic carbocycles. The lowest BCUT2D eigenvalue weighted by atomic mass is 9.90. The van der Waals surface area contributed by atoms with Crippen LogP contribution in [0.25, 0.3) is 21.3 Å². The highest BCUT2D eigenvalue weighted by Gasteiger charge is 2.25. The zero-order valence-corrected chi connectivity index (χ0v) is 14.0. The smallest absolute Gasteiger partial charge is 0.140 e. The molecule has 6 heteroatoms. The van der Waals surface area contributed by atoms with Crippen LogP contribution in [0, 0.1) is 0 Å². The van der Waals surface area contributed by atoms with E-state index in [9.17, 15) is 0 Å². The molecule has 1 fully saturated rings. The number of hydrogen-bond acceptors (Lipinski definition) is 5. The first-order valence-corrected chi connectivity index (χ1v) is 9.13. The topological polar surface area (TPSA) is 57.7 Å². The molecule has 24 heavy (non-hydrogen) atoms. The molecule has 4 aromatic rings. The fourth-order valence-electron chi connectivity index (χ4n) is 3.77. The highest BCUT2D eigenvalue weighted by molar-refractivity contribution is 7.16. The van der Waals surface area contributed by atoms with E-state index < -0.39 is 0 Å². The third kappa shape index (κ3) is 2.17. The lowest BCUT2D eigenvalue weighted by molar-refractivity contribution is 0.510. The van der Waals surface area contributed by atoms with Gasteiger partial charge < -0.3 is 9.88 Å². The minimum atomic E-state index is 0.500. The molecule has 0 aromatic carbocycles. The summed E-state index contributed by atoms with van der Waals surface area (Å²) in [6.07, 6.45) is 8.03. The first-order valence-electron chi connectivity index (χ1n) is 8.25. The van der Waals surface area contributed by atoms with Crippen molar-refractivity contribution in [2.24, 2.45) is 0 Å². The minimum Gasteiger partial charge on any atom is -0.355 e. The van der Waals surface area contributed by atoms with Crippen molar-refractivity contribution in [3.63, 3.8) is 0 Å². The summed E-state index contributed by atoms with van der Waals surface area (Å²) in [5.41, 5.74) is 2.35. The van der Waals surface area contributed by atoms with Gasteiger partial charge in [-0.3, -0.25) is 0 Å². The summed E-state index contributed by atoms with van der Waals surface area (Å²) in [7, 11) is 0. The van der Waals surface area contributed by atoms with Crippen molar-refractivity contribution in [3.05, 3.63) is 47.9 Å². The molecule has 1 atom stereocenters. The van der Waals surface area contributed by atoms with E-state index in [1.54, 1.807) is 17.7 Å². The fourth-order valence-corrected chi connectivity index (χ4v) is 4.49. The second-order valence-electron chi connectivity index (χ2n) is 6.27. The number of nitrogens with zero attached hydrogens (tertiary/aromatic N) is 4. The minimum absolute atomic E-state index is 0.500. The van der Waals surface area contributed by atoms with Crippen LogP contribution in [0.4, 0.5) is 5.82 Å². The van der Waals surface area contributed by atoms with Crippen LogP contribution < -0.4 is 4.90 Å². The number of rotatable bonds is 2. The van der Waals surface area contributed by atoms with E-state index in [0.717, 1.165) is 29.4 Å². The van der Waals surface area contributed by atoms with Gasteiger partial charge in [0.1, 0.15) is 22.6 Å². The lowest BCUT2D eigenvalue weighted by Gasteiger charge is -2.33. The van der Waals surface area contributed by atoms with Crippen molar-refractivity contribution in [3.8, 4) is 0 Å². The Morgan fingerprint density at radius 1 is 1.17 bits per heavy atom. The van der Waals surface area contributed by atoms with E-state index in [1.807, 2.05) is 12.3 Å². The highest BCUT2D eigenvalue weighted by Crippen LogP contribution is 2.35. The van der Waals surface area contributed by atoms with Gasteiger partial charge in [-0.2, -0.15) is 0 Å². The Bertz CT molecular complexity index is 1000. The molecule has 0 spiro atoms. The first-order chi connectivity index (χ1) is 11.9. The molecule has 5 nitrogen and oxygen atoms in total. The summed E-state index contributed by atoms with van der Waals surface area (Å²) in [5, 5.41) is 4.51. The van der Waals surface area contributed by atoms with Gasteiger partial charge in [0.15, 0.2) is 0 Å². The first kappa shape index (κ1) is 13.9. The molecule has 1 aliphatic heterocycles. The molecule has 5 heterocycles. The number of nitrogens with one attached hydrogen (secondary N) is 1. The van der Waals surface area contributed by atoms with Crippen LogP contribution in [0.2, 0.25) is 0 Å². The van der Waals surface area contributed by atoms with Crippen molar-refractivity contribution in [2.75, 3.05) is 18.0 Å². The molecule has 1 aliphatic rings. The van der Waals surface area contributed by atoms with Crippen molar-refractivity contribution in [1.29, 1.82) is 0 Å². The van der Waals surface area contributed by atoms with Crippen molar-refractivity contribution in [2.45, 2.75) is 18.8 Å². The van der Waals surface area contributed by atoms with Crippen LogP contribution in [0.1, 0.15) is 24.3 Å². The maximum Gasteiger partial charge on any atom is 0.140 e. The van der Waals surface area contributed by atoms with Gasteiger partial charge in [-0.05, 0) is 42.0 Å². The lowest BCUT2D eigenvalue weighted by Crippen LogP contribution is -2.35. The normalized spacial score (nSPS) is 18.5. The van der Waals surface area contributed by atoms with Gasteiger partial charge in [-0.25, -0.2) is 15.0 Å². The number of fused-ring (bicyclic) bond motifs is 2. The molecule has 0 bridgehead atoms. The van der Waals surface area contributed by atoms with Gasteiger partial charge in [0, 0.05) is 36.8 Å². The van der Waals surface area contributed by atoms with Crippen molar-refractivity contribution >= 4 is 38.4 Å². The largest absolute Gasteiger partial charge is 0.355 e. The molecular weight excluding hydrogens is 318 g/mol. The van der Waals surface area contributed by atoms with E-state index in [1.165, 1.54) is 29.2 Å². The van der Waals surface area contributed by atoms with Crippen LogP contribution in [0.15, 0.2) is 42.3 Å². The summed E-state index contributed by atoms with van der Waals surface area (Å²) >= 11 is 1.67. The molecule has 0 amide bonds. The van der Waals surface area contributed by atoms with Gasteiger partial charge in [0.05, 0.1) is 5.39 Å². The Hall–Kier alpha value is -2.47. The number of piperidine rings is 1. The molecular formula is C18H17N5S. The van der Waals surface area contributed by atoms with Gasteiger partial charge in [-0.1, -0.05) is 0 Å². The summed E-state index contributed by atoms with van der Waals surface area (Å²) in [6, 6.07) is 6.31. The molecule has 0 saturated carbocycles. The molecule has 0 radical (unpaired) electrons. The number of pyridine rings is 1. The van der Waals surface area contributed by atoms with E-state index in [0.29, 0.717) is 5.92 Å². The van der Waals surface area contributed by atoms with E-state index in [2.05, 4.69) is 48.5 Å². The summed E-state index contributed by atoms with van der Waals surface area (Å²) < 4.78 is 0. The van der Waals surface area contributed by atoms with E-state index in [-0.39, 0.29) is 0 Å². The average molecular weight is 335 g/mol. The molecule has 1 saturated heterocycles. The number of anilines is 1. The molecule has 120 valence electrons. The van der Waals surface area contributed by atoms with Gasteiger partial charge in [-0.15, -0.1) is 11.3 Å². The Labute approximate surface area is 143 Å². The number of H-pyrrole nitrogens is 1. The van der Waals surface area contributed by atoms with Gasteiger partial charge >= 0.3 is 0 Å². The van der Waals surface area contributed by atoms with Crippen LogP contribution in [-0.4, -0.2) is 33.0 Å². The van der Waals surface area contributed by atoms with Crippen LogP contribution in [0.3, 0.4) is 0 Å². The Balaban J connectivity index is 1.51. The Morgan fingerprint density at radius 2 is 2.17 bits per heavy atom. The predicted molar refractivity (Wildman–Crippen MR) is 97.7 cm³/mol. The standard InChI is InChI=1S/C18H17N5S/c1-4-13-15(9-20-16(13)19-6-1)12-3-2-7-23(10-12)17-14-5-8-24-18(14)22-11-21-17/h1,4-6,8-9,11-12H,2-3,7,10H2,(H,19,20). The second kappa shape index (κ2) is 5.56. The van der Waals surface area contributed by atoms with Crippen molar-refractivity contribution < 1.29 is 0 Å². The predicted octanol–water partition coefficient (Wildman–Crippen LogP) is 3.95. The zero-order chi connectivity index (χ0) is 15.9. The Kier molecular flexibility index (Phi) is 3.23. The number of aromatic nitrogens is 4. The van der Waals surface area contributed by atoms with E-state index >= 15 is 0 Å². The number of aromatic amines is 1. The van der Waals surface area contributed by atoms with Gasteiger partial charge in [0.25, 0.3) is 0 Å². The third-order valence-corrected chi connectivity index (χ3v) is 5.71. The number of hydrogen-bond donors (Lipinski definition) is 1.